The highest BCUT2D eigenvalue weighted by atomic mass is 16.5. The zero-order chi connectivity index (χ0) is 11.4. The number of carboxylic acid groups (broad SMARTS) is 1. The van der Waals surface area contributed by atoms with Crippen molar-refractivity contribution in [1.82, 2.24) is 10.1 Å². The molecule has 16 heavy (non-hydrogen) atoms. The number of rotatable bonds is 4. The molecule has 0 atom stereocenters. The maximum absolute atomic E-state index is 10.6. The molecule has 82 valence electrons. The molecule has 0 aliphatic rings. The monoisotopic (exact) mass is 219 g/mol. The molecule has 0 aliphatic heterocycles. The zero-order valence-corrected chi connectivity index (χ0v) is 8.25. The molecule has 0 saturated carbocycles. The van der Waals surface area contributed by atoms with Gasteiger partial charge in [-0.3, -0.25) is 0 Å². The zero-order valence-electron chi connectivity index (χ0n) is 8.25. The molecule has 0 spiro atoms. The van der Waals surface area contributed by atoms with Gasteiger partial charge in [0.05, 0.1) is 12.1 Å². The third-order valence-corrected chi connectivity index (χ3v) is 1.99. The molecule has 6 nitrogen and oxygen atoms in total. The maximum atomic E-state index is 10.6. The second kappa shape index (κ2) is 4.43. The summed E-state index contributed by atoms with van der Waals surface area (Å²) >= 11 is 0. The lowest BCUT2D eigenvalue weighted by atomic mass is 10.2. The summed E-state index contributed by atoms with van der Waals surface area (Å²) in [6.07, 6.45) is 1.25. The lowest BCUT2D eigenvalue weighted by Crippen LogP contribution is -2.02. The van der Waals surface area contributed by atoms with Crippen LogP contribution in [0.3, 0.4) is 0 Å². The SMILES string of the molecule is O=C(O)c1ccc(NCc2ncon2)cc1. The Bertz CT molecular complexity index is 465. The highest BCUT2D eigenvalue weighted by Crippen LogP contribution is 2.10. The van der Waals surface area contributed by atoms with E-state index in [-0.39, 0.29) is 5.56 Å². The molecule has 1 aromatic carbocycles. The Balaban J connectivity index is 1.98. The van der Waals surface area contributed by atoms with Gasteiger partial charge in [0.25, 0.3) is 0 Å². The fraction of sp³-hybridized carbons (Fsp3) is 0.100. The Morgan fingerprint density at radius 2 is 2.12 bits per heavy atom. The second-order valence-corrected chi connectivity index (χ2v) is 3.08. The molecule has 0 aliphatic carbocycles. The molecule has 2 aromatic rings. The van der Waals surface area contributed by atoms with Crippen molar-refractivity contribution in [3.8, 4) is 0 Å². The van der Waals surface area contributed by atoms with Gasteiger partial charge in [-0.15, -0.1) is 0 Å². The quantitative estimate of drug-likeness (QED) is 0.807. The predicted octanol–water partition coefficient (Wildman–Crippen LogP) is 1.38. The number of nitrogens with one attached hydrogen (secondary N) is 1. The molecule has 1 heterocycles. The van der Waals surface area contributed by atoms with Gasteiger partial charge in [0.1, 0.15) is 0 Å². The minimum Gasteiger partial charge on any atom is -0.478 e. The van der Waals surface area contributed by atoms with Gasteiger partial charge >= 0.3 is 5.97 Å². The van der Waals surface area contributed by atoms with E-state index in [1.165, 1.54) is 18.5 Å². The van der Waals surface area contributed by atoms with Crippen LogP contribution in [-0.2, 0) is 6.54 Å². The minimum atomic E-state index is -0.940. The largest absolute Gasteiger partial charge is 0.478 e. The van der Waals surface area contributed by atoms with E-state index in [0.29, 0.717) is 12.4 Å². The summed E-state index contributed by atoms with van der Waals surface area (Å²) in [7, 11) is 0. The molecule has 0 unspecified atom stereocenters. The topological polar surface area (TPSA) is 88.2 Å². The highest BCUT2D eigenvalue weighted by molar-refractivity contribution is 5.87. The second-order valence-electron chi connectivity index (χ2n) is 3.08. The number of carbonyl (C=O) groups is 1. The van der Waals surface area contributed by atoms with Crippen LogP contribution < -0.4 is 5.32 Å². The number of nitrogens with zero attached hydrogens (tertiary/aromatic N) is 2. The Morgan fingerprint density at radius 3 is 2.69 bits per heavy atom. The van der Waals surface area contributed by atoms with Crippen LogP contribution in [0.5, 0.6) is 0 Å². The Kier molecular flexibility index (Phi) is 2.81. The average molecular weight is 219 g/mol. The normalized spacial score (nSPS) is 10.0. The van der Waals surface area contributed by atoms with Gasteiger partial charge in [-0.2, -0.15) is 4.98 Å². The van der Waals surface area contributed by atoms with Gasteiger partial charge < -0.3 is 14.9 Å². The van der Waals surface area contributed by atoms with Crippen molar-refractivity contribution in [2.24, 2.45) is 0 Å². The average Bonchev–Trinajstić information content (AvgIpc) is 2.80. The molecule has 1 aromatic heterocycles. The van der Waals surface area contributed by atoms with Crippen molar-refractivity contribution < 1.29 is 14.4 Å². The summed E-state index contributed by atoms with van der Waals surface area (Å²) in [6, 6.07) is 6.43. The number of aromatic carboxylic acids is 1. The van der Waals surface area contributed by atoms with Crippen molar-refractivity contribution in [2.75, 3.05) is 5.32 Å². The third kappa shape index (κ3) is 2.35. The number of carboxylic acids is 1. The molecule has 2 rings (SSSR count). The summed E-state index contributed by atoms with van der Waals surface area (Å²) in [5, 5.41) is 15.4. The van der Waals surface area contributed by atoms with Crippen molar-refractivity contribution in [1.29, 1.82) is 0 Å². The van der Waals surface area contributed by atoms with Crippen LogP contribution in [0, 0.1) is 0 Å². The molecule has 0 saturated heterocycles. The highest BCUT2D eigenvalue weighted by Gasteiger charge is 2.02. The van der Waals surface area contributed by atoms with Crippen LogP contribution in [0.25, 0.3) is 0 Å². The Hall–Kier alpha value is -2.37. The van der Waals surface area contributed by atoms with Gasteiger partial charge in [-0.25, -0.2) is 4.79 Å². The van der Waals surface area contributed by atoms with E-state index in [1.807, 2.05) is 0 Å². The molecular formula is C10H9N3O3. The van der Waals surface area contributed by atoms with Gasteiger partial charge in [0.2, 0.25) is 6.39 Å². The molecule has 6 heteroatoms. The fourth-order valence-electron chi connectivity index (χ4n) is 1.18. The lowest BCUT2D eigenvalue weighted by molar-refractivity contribution is 0.0697. The van der Waals surface area contributed by atoms with Crippen LogP contribution in [0.1, 0.15) is 16.2 Å². The summed E-state index contributed by atoms with van der Waals surface area (Å²) in [6.45, 7) is 0.433. The number of hydrogen-bond donors (Lipinski definition) is 2. The van der Waals surface area contributed by atoms with E-state index in [9.17, 15) is 4.79 Å². The molecular weight excluding hydrogens is 210 g/mol. The number of benzene rings is 1. The third-order valence-electron chi connectivity index (χ3n) is 1.99. The predicted molar refractivity (Wildman–Crippen MR) is 55.0 cm³/mol. The van der Waals surface area contributed by atoms with Crippen molar-refractivity contribution in [3.63, 3.8) is 0 Å². The maximum Gasteiger partial charge on any atom is 0.335 e. The van der Waals surface area contributed by atoms with Gasteiger partial charge in [-0.05, 0) is 24.3 Å². The van der Waals surface area contributed by atoms with Crippen molar-refractivity contribution in [2.45, 2.75) is 6.54 Å². The van der Waals surface area contributed by atoms with E-state index in [1.54, 1.807) is 12.1 Å². The van der Waals surface area contributed by atoms with Crippen LogP contribution >= 0.6 is 0 Å². The first-order valence-corrected chi connectivity index (χ1v) is 4.58. The molecule has 2 N–H and O–H groups in total. The van der Waals surface area contributed by atoms with E-state index in [0.717, 1.165) is 5.69 Å². The first-order chi connectivity index (χ1) is 7.75. The van der Waals surface area contributed by atoms with E-state index in [2.05, 4.69) is 20.0 Å². The first kappa shape index (κ1) is 10.2. The van der Waals surface area contributed by atoms with Crippen LogP contribution in [0.4, 0.5) is 5.69 Å². The van der Waals surface area contributed by atoms with Crippen LogP contribution in [-0.4, -0.2) is 21.2 Å². The van der Waals surface area contributed by atoms with Crippen LogP contribution in [0.2, 0.25) is 0 Å². The Labute approximate surface area is 90.9 Å². The standard InChI is InChI=1S/C10H9N3O3/c14-10(15)7-1-3-8(4-2-7)11-5-9-12-6-16-13-9/h1-4,6,11H,5H2,(H,14,15). The van der Waals surface area contributed by atoms with Crippen molar-refractivity contribution >= 4 is 11.7 Å². The van der Waals surface area contributed by atoms with E-state index in [4.69, 9.17) is 5.11 Å². The lowest BCUT2D eigenvalue weighted by Gasteiger charge is -2.03. The number of hydrogen-bond acceptors (Lipinski definition) is 5. The summed E-state index contributed by atoms with van der Waals surface area (Å²) in [5.41, 5.74) is 1.06. The summed E-state index contributed by atoms with van der Waals surface area (Å²) in [5.74, 6) is -0.396. The van der Waals surface area contributed by atoms with Gasteiger partial charge in [0, 0.05) is 5.69 Å². The molecule has 0 fully saturated rings. The van der Waals surface area contributed by atoms with Gasteiger partial charge in [0.15, 0.2) is 5.82 Å². The Morgan fingerprint density at radius 1 is 1.38 bits per heavy atom. The van der Waals surface area contributed by atoms with Crippen molar-refractivity contribution in [3.05, 3.63) is 42.0 Å². The smallest absolute Gasteiger partial charge is 0.335 e. The first-order valence-electron chi connectivity index (χ1n) is 4.58. The summed E-state index contributed by atoms with van der Waals surface area (Å²) < 4.78 is 4.57. The molecule has 0 radical (unpaired) electrons. The van der Waals surface area contributed by atoms with E-state index >= 15 is 0 Å². The van der Waals surface area contributed by atoms with E-state index < -0.39 is 5.97 Å². The van der Waals surface area contributed by atoms with Gasteiger partial charge in [-0.1, -0.05) is 5.16 Å². The summed E-state index contributed by atoms with van der Waals surface area (Å²) in [4.78, 5) is 14.4. The van der Waals surface area contributed by atoms with Crippen LogP contribution in [0.15, 0.2) is 35.2 Å². The minimum absolute atomic E-state index is 0.255. The molecule has 0 bridgehead atoms. The number of anilines is 1. The fourth-order valence-corrected chi connectivity index (χ4v) is 1.18. The molecule has 0 amide bonds. The number of aromatic nitrogens is 2.